The van der Waals surface area contributed by atoms with E-state index >= 15 is 0 Å². The highest BCUT2D eigenvalue weighted by Crippen LogP contribution is 2.32. The predicted molar refractivity (Wildman–Crippen MR) is 80.9 cm³/mol. The molecule has 0 aliphatic carbocycles. The summed E-state index contributed by atoms with van der Waals surface area (Å²) in [6, 6.07) is 2.40. The molecule has 0 heterocycles. The second-order valence-electron chi connectivity index (χ2n) is 5.73. The average molecular weight is 368 g/mol. The number of esters is 2. The van der Waals surface area contributed by atoms with Crippen LogP contribution in [0.5, 0.6) is 0 Å². The van der Waals surface area contributed by atoms with E-state index in [1.807, 2.05) is 0 Å². The van der Waals surface area contributed by atoms with Gasteiger partial charge in [0.1, 0.15) is 29.1 Å². The maximum atomic E-state index is 14.6. The van der Waals surface area contributed by atoms with Gasteiger partial charge in [0.15, 0.2) is 17.6 Å². The molecule has 0 unspecified atom stereocenters. The van der Waals surface area contributed by atoms with Gasteiger partial charge in [-0.05, 0) is 27.7 Å². The lowest BCUT2D eigenvalue weighted by atomic mass is 9.93. The number of halogens is 3. The van der Waals surface area contributed by atoms with Crippen molar-refractivity contribution in [3.8, 4) is 12.1 Å². The number of benzene rings is 1. The molecule has 0 amide bonds. The Labute approximate surface area is 147 Å². The monoisotopic (exact) mass is 368 g/mol. The van der Waals surface area contributed by atoms with E-state index in [1.165, 1.54) is 39.8 Å². The molecule has 0 N–H and O–H groups in total. The predicted octanol–water partition coefficient (Wildman–Crippen LogP) is 2.83. The molecule has 0 bridgehead atoms. The fourth-order valence-electron chi connectivity index (χ4n) is 2.07. The van der Waals surface area contributed by atoms with Gasteiger partial charge in [-0.15, -0.1) is 0 Å². The third kappa shape index (κ3) is 4.12. The molecule has 26 heavy (non-hydrogen) atoms. The van der Waals surface area contributed by atoms with Gasteiger partial charge in [-0.3, -0.25) is 9.59 Å². The van der Waals surface area contributed by atoms with Crippen LogP contribution in [0.3, 0.4) is 0 Å². The van der Waals surface area contributed by atoms with Crippen LogP contribution in [0, 0.1) is 40.1 Å². The SMILES string of the molecule is CC(C)OC(=O)C(C(=O)OC(C)C)c1c(F)c(F)c(C#N)c(C#N)c1F. The fraction of sp³-hybridized carbons (Fsp3) is 0.412. The van der Waals surface area contributed by atoms with Crippen LogP contribution in [-0.2, 0) is 19.1 Å². The maximum Gasteiger partial charge on any atom is 0.325 e. The first-order chi connectivity index (χ1) is 12.1. The summed E-state index contributed by atoms with van der Waals surface area (Å²) < 4.78 is 52.7. The highest BCUT2D eigenvalue weighted by atomic mass is 19.2. The van der Waals surface area contributed by atoms with E-state index in [0.717, 1.165) is 0 Å². The number of hydrogen-bond donors (Lipinski definition) is 0. The van der Waals surface area contributed by atoms with Crippen molar-refractivity contribution in [2.75, 3.05) is 0 Å². The summed E-state index contributed by atoms with van der Waals surface area (Å²) in [4.78, 5) is 24.4. The molecule has 0 aromatic heterocycles. The Bertz CT molecular complexity index is 801. The third-order valence-electron chi connectivity index (χ3n) is 3.04. The van der Waals surface area contributed by atoms with Gasteiger partial charge in [0.2, 0.25) is 0 Å². The second kappa shape index (κ2) is 8.34. The van der Waals surface area contributed by atoms with Crippen molar-refractivity contribution in [2.24, 2.45) is 0 Å². The van der Waals surface area contributed by atoms with Gasteiger partial charge in [0, 0.05) is 0 Å². The van der Waals surface area contributed by atoms with Crippen LogP contribution in [0.4, 0.5) is 13.2 Å². The molecule has 0 atom stereocenters. The van der Waals surface area contributed by atoms with Crippen molar-refractivity contribution in [3.05, 3.63) is 34.1 Å². The van der Waals surface area contributed by atoms with Crippen molar-refractivity contribution in [1.82, 2.24) is 0 Å². The number of nitriles is 2. The Morgan fingerprint density at radius 1 is 0.808 bits per heavy atom. The van der Waals surface area contributed by atoms with Crippen LogP contribution in [0.1, 0.15) is 50.3 Å². The maximum absolute atomic E-state index is 14.6. The lowest BCUT2D eigenvalue weighted by Crippen LogP contribution is -2.31. The minimum absolute atomic E-state index is 0.748. The van der Waals surface area contributed by atoms with Gasteiger partial charge in [0.05, 0.1) is 17.8 Å². The average Bonchev–Trinajstić information content (AvgIpc) is 2.52. The zero-order chi connectivity index (χ0) is 20.2. The minimum Gasteiger partial charge on any atom is -0.462 e. The first kappa shape index (κ1) is 21.0. The molecule has 0 aliphatic rings. The summed E-state index contributed by atoms with van der Waals surface area (Å²) >= 11 is 0. The van der Waals surface area contributed by atoms with E-state index in [1.54, 1.807) is 0 Å². The number of ether oxygens (including phenoxy) is 2. The van der Waals surface area contributed by atoms with E-state index in [-0.39, 0.29) is 0 Å². The molecule has 9 heteroatoms. The highest BCUT2D eigenvalue weighted by Gasteiger charge is 2.40. The van der Waals surface area contributed by atoms with Crippen LogP contribution >= 0.6 is 0 Å². The molecular weight excluding hydrogens is 353 g/mol. The van der Waals surface area contributed by atoms with E-state index < -0.39 is 64.2 Å². The first-order valence-corrected chi connectivity index (χ1v) is 7.48. The zero-order valence-electron chi connectivity index (χ0n) is 14.4. The number of nitrogens with zero attached hydrogens (tertiary/aromatic N) is 2. The molecule has 1 rings (SSSR count). The Hall–Kier alpha value is -3.07. The van der Waals surface area contributed by atoms with E-state index in [2.05, 4.69) is 0 Å². The Balaban J connectivity index is 3.74. The van der Waals surface area contributed by atoms with Crippen LogP contribution < -0.4 is 0 Å². The molecular formula is C17H15F3N2O4. The minimum atomic E-state index is -2.30. The molecule has 0 fully saturated rings. The summed E-state index contributed by atoms with van der Waals surface area (Å²) in [7, 11) is 0. The van der Waals surface area contributed by atoms with E-state index in [9.17, 15) is 22.8 Å². The van der Waals surface area contributed by atoms with Crippen LogP contribution in [0.25, 0.3) is 0 Å². The topological polar surface area (TPSA) is 100 Å². The van der Waals surface area contributed by atoms with Gasteiger partial charge in [-0.2, -0.15) is 10.5 Å². The Morgan fingerprint density at radius 2 is 1.19 bits per heavy atom. The molecule has 0 saturated carbocycles. The number of hydrogen-bond acceptors (Lipinski definition) is 6. The first-order valence-electron chi connectivity index (χ1n) is 7.48. The van der Waals surface area contributed by atoms with Crippen LogP contribution in [0.2, 0.25) is 0 Å². The fourth-order valence-corrected chi connectivity index (χ4v) is 2.07. The summed E-state index contributed by atoms with van der Waals surface area (Å²) in [5.41, 5.74) is -3.63. The number of carbonyl (C=O) groups excluding carboxylic acids is 2. The van der Waals surface area contributed by atoms with Gasteiger partial charge in [-0.25, -0.2) is 13.2 Å². The largest absolute Gasteiger partial charge is 0.462 e. The molecule has 1 aromatic carbocycles. The molecule has 0 radical (unpaired) electrons. The normalized spacial score (nSPS) is 10.6. The van der Waals surface area contributed by atoms with Crippen molar-refractivity contribution in [2.45, 2.75) is 45.8 Å². The van der Waals surface area contributed by atoms with Gasteiger partial charge >= 0.3 is 11.9 Å². The van der Waals surface area contributed by atoms with Gasteiger partial charge in [0.25, 0.3) is 0 Å². The molecule has 0 spiro atoms. The number of carbonyl (C=O) groups is 2. The Kier molecular flexibility index (Phi) is 6.73. The van der Waals surface area contributed by atoms with Crippen molar-refractivity contribution >= 4 is 11.9 Å². The Morgan fingerprint density at radius 3 is 1.54 bits per heavy atom. The number of rotatable bonds is 5. The molecule has 0 saturated heterocycles. The lowest BCUT2D eigenvalue weighted by molar-refractivity contribution is -0.161. The van der Waals surface area contributed by atoms with Gasteiger partial charge in [-0.1, -0.05) is 0 Å². The molecule has 138 valence electrons. The van der Waals surface area contributed by atoms with Crippen molar-refractivity contribution < 1.29 is 32.2 Å². The zero-order valence-corrected chi connectivity index (χ0v) is 14.4. The summed E-state index contributed by atoms with van der Waals surface area (Å²) in [6.45, 7) is 5.70. The van der Waals surface area contributed by atoms with Crippen molar-refractivity contribution in [3.63, 3.8) is 0 Å². The van der Waals surface area contributed by atoms with E-state index in [0.29, 0.717) is 0 Å². The second-order valence-corrected chi connectivity index (χ2v) is 5.73. The molecule has 6 nitrogen and oxygen atoms in total. The summed E-state index contributed by atoms with van der Waals surface area (Å²) in [5.74, 6) is -10.5. The van der Waals surface area contributed by atoms with Crippen LogP contribution in [-0.4, -0.2) is 24.1 Å². The van der Waals surface area contributed by atoms with Crippen LogP contribution in [0.15, 0.2) is 0 Å². The van der Waals surface area contributed by atoms with Gasteiger partial charge < -0.3 is 9.47 Å². The smallest absolute Gasteiger partial charge is 0.325 e. The standard InChI is InChI=1S/C17H15F3N2O4/c1-7(2)25-16(23)12(17(24)26-8(3)4)11-13(18)9(5-21)10(6-22)14(19)15(11)20/h7-8,12H,1-4H3. The molecule has 1 aromatic rings. The third-order valence-corrected chi connectivity index (χ3v) is 3.04. The summed E-state index contributed by atoms with van der Waals surface area (Å²) in [6.07, 6.45) is -1.50. The summed E-state index contributed by atoms with van der Waals surface area (Å²) in [5, 5.41) is 17.8. The quantitative estimate of drug-likeness (QED) is 0.450. The van der Waals surface area contributed by atoms with E-state index in [4.69, 9.17) is 20.0 Å². The van der Waals surface area contributed by atoms with Crippen molar-refractivity contribution in [1.29, 1.82) is 10.5 Å². The lowest BCUT2D eigenvalue weighted by Gasteiger charge is -2.20. The molecule has 0 aliphatic heterocycles. The highest BCUT2D eigenvalue weighted by molar-refractivity contribution is 6.01.